The zero-order valence-corrected chi connectivity index (χ0v) is 26.1. The SMILES string of the molecule is [2H]C([2H])([2H])N1[CH-]N(c2[c-]c(Oc3[c-]c4c(cc3)c3ccccc3n4-c3ccccn3)ccc2)c2ccc([Si](C)(C)C)cc21.[Pt]. The average Bonchev–Trinajstić information content (AvgIpc) is 3.53. The summed E-state index contributed by atoms with van der Waals surface area (Å²) in [6.07, 6.45) is 1.78. The van der Waals surface area contributed by atoms with Crippen LogP contribution >= 0.6 is 0 Å². The number of para-hydroxylation sites is 1. The van der Waals surface area contributed by atoms with E-state index < -0.39 is 15.0 Å². The molecule has 0 fully saturated rings. The number of benzene rings is 4. The third kappa shape index (κ3) is 4.85. The van der Waals surface area contributed by atoms with Crippen molar-refractivity contribution >= 4 is 52.1 Å². The Balaban J connectivity index is 0.00000343. The first-order chi connectivity index (χ1) is 20.6. The first-order valence-electron chi connectivity index (χ1n) is 14.7. The number of rotatable bonds is 5. The van der Waals surface area contributed by atoms with Gasteiger partial charge in [-0.2, -0.15) is 18.8 Å². The normalized spacial score (nSPS) is 14.4. The zero-order valence-electron chi connectivity index (χ0n) is 25.8. The first-order valence-corrected chi connectivity index (χ1v) is 16.7. The van der Waals surface area contributed by atoms with Crippen molar-refractivity contribution < 1.29 is 29.9 Å². The van der Waals surface area contributed by atoms with E-state index in [0.29, 0.717) is 22.9 Å². The van der Waals surface area contributed by atoms with Gasteiger partial charge in [-0.1, -0.05) is 60.7 Å². The van der Waals surface area contributed by atoms with Gasteiger partial charge in [0.1, 0.15) is 5.82 Å². The number of aromatic nitrogens is 2. The van der Waals surface area contributed by atoms with Gasteiger partial charge in [0, 0.05) is 59.8 Å². The van der Waals surface area contributed by atoms with Gasteiger partial charge < -0.3 is 19.1 Å². The second-order valence-electron chi connectivity index (χ2n) is 10.9. The molecule has 41 heavy (non-hydrogen) atoms. The summed E-state index contributed by atoms with van der Waals surface area (Å²) in [5, 5.41) is 3.36. The molecule has 0 amide bonds. The first kappa shape index (κ1) is 23.8. The largest absolute Gasteiger partial charge is 0.509 e. The van der Waals surface area contributed by atoms with Crippen molar-refractivity contribution in [2.75, 3.05) is 16.8 Å². The molecular formula is C34H29N4OPtSi-3. The third-order valence-corrected chi connectivity index (χ3v) is 9.30. The van der Waals surface area contributed by atoms with Crippen LogP contribution in [0.25, 0.3) is 27.6 Å². The second kappa shape index (κ2) is 10.5. The molecule has 1 aliphatic heterocycles. The second-order valence-corrected chi connectivity index (χ2v) is 16.0. The summed E-state index contributed by atoms with van der Waals surface area (Å²) in [5.41, 5.74) is 4.04. The van der Waals surface area contributed by atoms with E-state index in [4.69, 9.17) is 8.85 Å². The standard InChI is InChI=1S/C34H29N4OSi.Pt/c1-36-23-37(31-18-16-27(22-33(31)36)40(2,3)4)24-10-9-11-25(20-24)39-26-15-17-29-28-12-5-6-13-30(28)38(32(29)21-26)34-14-7-8-19-35-34;/h5-19,22-23H,1-4H3;/q-3;/i1D3;. The molecule has 0 radical (unpaired) electrons. The number of anilines is 3. The molecule has 0 saturated heterocycles. The summed E-state index contributed by atoms with van der Waals surface area (Å²) in [4.78, 5) is 7.82. The van der Waals surface area contributed by atoms with Gasteiger partial charge in [0.25, 0.3) is 0 Å². The number of fused-ring (bicyclic) bond motifs is 4. The van der Waals surface area contributed by atoms with Gasteiger partial charge in [-0.3, -0.25) is 0 Å². The van der Waals surface area contributed by atoms with Crippen LogP contribution in [0.2, 0.25) is 19.6 Å². The summed E-state index contributed by atoms with van der Waals surface area (Å²) >= 11 is 0. The quantitative estimate of drug-likeness (QED) is 0.134. The fraction of sp³-hybridized carbons (Fsp3) is 0.118. The van der Waals surface area contributed by atoms with Crippen LogP contribution in [0.3, 0.4) is 0 Å². The summed E-state index contributed by atoms with van der Waals surface area (Å²) in [5.74, 6) is 1.83. The molecule has 0 bridgehead atoms. The van der Waals surface area contributed by atoms with Gasteiger partial charge >= 0.3 is 0 Å². The number of nitrogens with zero attached hydrogens (tertiary/aromatic N) is 4. The molecule has 6 aromatic rings. The number of hydrogen-bond donors (Lipinski definition) is 0. The van der Waals surface area contributed by atoms with Crippen LogP contribution in [0.1, 0.15) is 4.11 Å². The average molecular weight is 736 g/mol. The van der Waals surface area contributed by atoms with Crippen molar-refractivity contribution in [3.05, 3.63) is 116 Å². The van der Waals surface area contributed by atoms with Gasteiger partial charge in [-0.15, -0.1) is 41.4 Å². The Labute approximate surface area is 260 Å². The molecular weight excluding hydrogens is 704 g/mol. The Hall–Kier alpha value is -3.86. The van der Waals surface area contributed by atoms with E-state index in [1.807, 2.05) is 77.7 Å². The maximum atomic E-state index is 8.18. The van der Waals surface area contributed by atoms with Gasteiger partial charge in [0.15, 0.2) is 0 Å². The summed E-state index contributed by atoms with van der Waals surface area (Å²) in [6.45, 7) is 6.06. The third-order valence-electron chi connectivity index (χ3n) is 7.26. The van der Waals surface area contributed by atoms with E-state index >= 15 is 0 Å². The molecule has 2 aromatic heterocycles. The molecule has 0 saturated carbocycles. The van der Waals surface area contributed by atoms with Crippen molar-refractivity contribution in [3.63, 3.8) is 0 Å². The Morgan fingerprint density at radius 1 is 0.829 bits per heavy atom. The molecule has 0 N–H and O–H groups in total. The smallest absolute Gasteiger partial charge is 0.135 e. The van der Waals surface area contributed by atoms with Crippen LogP contribution in [0.4, 0.5) is 17.1 Å². The van der Waals surface area contributed by atoms with Crippen LogP contribution in [0.5, 0.6) is 11.5 Å². The Bertz CT molecular complexity index is 1990. The molecule has 0 spiro atoms. The minimum Gasteiger partial charge on any atom is -0.509 e. The Kier molecular flexibility index (Phi) is 6.10. The minimum atomic E-state index is -2.33. The van der Waals surface area contributed by atoms with E-state index in [9.17, 15) is 0 Å². The predicted octanol–water partition coefficient (Wildman–Crippen LogP) is 7.82. The van der Waals surface area contributed by atoms with Crippen LogP contribution in [-0.4, -0.2) is 24.6 Å². The van der Waals surface area contributed by atoms with Crippen LogP contribution in [-0.2, 0) is 21.1 Å². The molecule has 1 aliphatic rings. The topological polar surface area (TPSA) is 33.5 Å². The minimum absolute atomic E-state index is 0. The molecule has 5 nitrogen and oxygen atoms in total. The molecule has 0 atom stereocenters. The monoisotopic (exact) mass is 735 g/mol. The van der Waals surface area contributed by atoms with Crippen molar-refractivity contribution in [1.82, 2.24) is 9.55 Å². The fourth-order valence-electron chi connectivity index (χ4n) is 5.23. The van der Waals surface area contributed by atoms with Crippen molar-refractivity contribution in [2.24, 2.45) is 0 Å². The van der Waals surface area contributed by atoms with Gasteiger partial charge in [-0.05, 0) is 42.7 Å². The van der Waals surface area contributed by atoms with E-state index in [2.05, 4.69) is 59.5 Å². The summed E-state index contributed by atoms with van der Waals surface area (Å²) < 4.78 is 33.0. The number of hydrogen-bond acceptors (Lipinski definition) is 4. The van der Waals surface area contributed by atoms with Gasteiger partial charge in [-0.25, -0.2) is 4.98 Å². The van der Waals surface area contributed by atoms with Crippen molar-refractivity contribution in [2.45, 2.75) is 19.6 Å². The molecule has 7 heteroatoms. The van der Waals surface area contributed by atoms with Crippen molar-refractivity contribution in [1.29, 1.82) is 0 Å². The van der Waals surface area contributed by atoms with E-state index in [1.54, 1.807) is 12.9 Å². The van der Waals surface area contributed by atoms with E-state index in [1.165, 1.54) is 10.1 Å². The molecule has 3 heterocycles. The molecule has 4 aromatic carbocycles. The van der Waals surface area contributed by atoms with Crippen LogP contribution in [0.15, 0.2) is 97.2 Å². The van der Waals surface area contributed by atoms with E-state index in [-0.39, 0.29) is 21.1 Å². The van der Waals surface area contributed by atoms with Crippen LogP contribution < -0.4 is 19.7 Å². The Morgan fingerprint density at radius 2 is 1.66 bits per heavy atom. The molecule has 7 rings (SSSR count). The molecule has 0 aliphatic carbocycles. The molecule has 208 valence electrons. The predicted molar refractivity (Wildman–Crippen MR) is 167 cm³/mol. The van der Waals surface area contributed by atoms with Crippen LogP contribution in [0, 0.1) is 18.8 Å². The number of ether oxygens (including phenoxy) is 1. The van der Waals surface area contributed by atoms with Gasteiger partial charge in [0.2, 0.25) is 0 Å². The van der Waals surface area contributed by atoms with Gasteiger partial charge in [0.05, 0.1) is 8.07 Å². The summed E-state index contributed by atoms with van der Waals surface area (Å²) in [7, 11) is -1.65. The fourth-order valence-corrected chi connectivity index (χ4v) is 6.38. The number of pyridine rings is 1. The maximum Gasteiger partial charge on any atom is 0.135 e. The van der Waals surface area contributed by atoms with E-state index in [0.717, 1.165) is 33.3 Å². The van der Waals surface area contributed by atoms with Crippen molar-refractivity contribution in [3.8, 4) is 17.3 Å². The Morgan fingerprint density at radius 3 is 2.46 bits per heavy atom. The summed E-state index contributed by atoms with van der Waals surface area (Å²) in [6, 6.07) is 36.6. The molecule has 0 unspecified atom stereocenters. The maximum absolute atomic E-state index is 8.18. The zero-order chi connectivity index (χ0) is 29.9.